The Labute approximate surface area is 97.8 Å². The first-order valence-electron chi connectivity index (χ1n) is 4.75. The van der Waals surface area contributed by atoms with Crippen LogP contribution in [-0.2, 0) is 0 Å². The van der Waals surface area contributed by atoms with Gasteiger partial charge in [0, 0.05) is 18.0 Å². The summed E-state index contributed by atoms with van der Waals surface area (Å²) in [5, 5.41) is 11.1. The molecule has 0 heterocycles. The summed E-state index contributed by atoms with van der Waals surface area (Å²) in [5.74, 6) is -1.12. The molecule has 0 unspecified atom stereocenters. The minimum absolute atomic E-state index is 0.0792. The van der Waals surface area contributed by atoms with Gasteiger partial charge in [-0.05, 0) is 24.6 Å². The monoisotopic (exact) mass is 240 g/mol. The maximum absolute atomic E-state index is 13.2. The molecule has 5 heteroatoms. The third kappa shape index (κ3) is 3.52. The molecule has 0 fully saturated rings. The molecule has 0 spiro atoms. The van der Waals surface area contributed by atoms with Crippen LogP contribution in [0.3, 0.4) is 0 Å². The quantitative estimate of drug-likeness (QED) is 0.823. The largest absolute Gasteiger partial charge is 0.352 e. The topological polar surface area (TPSA) is 52.9 Å². The van der Waals surface area contributed by atoms with E-state index in [-0.39, 0.29) is 5.56 Å². The van der Waals surface area contributed by atoms with Gasteiger partial charge in [0.15, 0.2) is 0 Å². The molecule has 0 aliphatic carbocycles. The van der Waals surface area contributed by atoms with Crippen LogP contribution in [0.1, 0.15) is 23.2 Å². The molecule has 0 atom stereocenters. The van der Waals surface area contributed by atoms with Gasteiger partial charge in [-0.3, -0.25) is 4.79 Å². The summed E-state index contributed by atoms with van der Waals surface area (Å²) in [6, 6.07) is 5.75. The van der Waals surface area contributed by atoms with Crippen LogP contribution in [0.5, 0.6) is 0 Å². The molecule has 0 aliphatic rings. The molecule has 16 heavy (non-hydrogen) atoms. The summed E-state index contributed by atoms with van der Waals surface area (Å²) in [5.41, 5.74) is -0.0792. The molecular formula is C11H10ClFN2O. The van der Waals surface area contributed by atoms with E-state index in [2.05, 4.69) is 5.32 Å². The van der Waals surface area contributed by atoms with Crippen molar-refractivity contribution in [2.24, 2.45) is 0 Å². The highest BCUT2D eigenvalue weighted by atomic mass is 35.5. The van der Waals surface area contributed by atoms with Crippen molar-refractivity contribution in [3.05, 3.63) is 34.6 Å². The molecule has 1 rings (SSSR count). The van der Waals surface area contributed by atoms with Crippen LogP contribution in [0.4, 0.5) is 4.39 Å². The van der Waals surface area contributed by atoms with Crippen molar-refractivity contribution in [1.29, 1.82) is 5.26 Å². The molecule has 0 radical (unpaired) electrons. The maximum Gasteiger partial charge on any atom is 0.254 e. The molecule has 1 aromatic carbocycles. The summed E-state index contributed by atoms with van der Waals surface area (Å²) >= 11 is 5.65. The lowest BCUT2D eigenvalue weighted by Gasteiger charge is -2.05. The smallest absolute Gasteiger partial charge is 0.254 e. The number of carbonyl (C=O) groups excluding carboxylic acids is 1. The van der Waals surface area contributed by atoms with Crippen LogP contribution < -0.4 is 5.32 Å². The first kappa shape index (κ1) is 12.5. The lowest BCUT2D eigenvalue weighted by Crippen LogP contribution is -2.25. The second kappa shape index (κ2) is 6.09. The normalized spacial score (nSPS) is 9.56. The van der Waals surface area contributed by atoms with Gasteiger partial charge in [0.1, 0.15) is 5.82 Å². The molecule has 0 aromatic heterocycles. The fourth-order valence-corrected chi connectivity index (χ4v) is 1.31. The van der Waals surface area contributed by atoms with Crippen LogP contribution in [0.2, 0.25) is 5.02 Å². The number of nitrogens with zero attached hydrogens (tertiary/aromatic N) is 1. The number of hydrogen-bond acceptors (Lipinski definition) is 2. The van der Waals surface area contributed by atoms with Gasteiger partial charge in [0.05, 0.1) is 11.6 Å². The SMILES string of the molecule is N#CCCCNC(=O)c1cc(Cl)ccc1F. The standard InChI is InChI=1S/C11H10ClFN2O/c12-8-3-4-10(13)9(7-8)11(16)15-6-2-1-5-14/h3-4,7H,1-2,6H2,(H,15,16). The first-order chi connectivity index (χ1) is 7.65. The molecular weight excluding hydrogens is 231 g/mol. The zero-order chi connectivity index (χ0) is 12.0. The number of hydrogen-bond donors (Lipinski definition) is 1. The van der Waals surface area contributed by atoms with Crippen molar-refractivity contribution in [3.63, 3.8) is 0 Å². The van der Waals surface area contributed by atoms with E-state index in [4.69, 9.17) is 16.9 Å². The van der Waals surface area contributed by atoms with Crippen LogP contribution in [0.25, 0.3) is 0 Å². The number of carbonyl (C=O) groups is 1. The number of unbranched alkanes of at least 4 members (excludes halogenated alkanes) is 1. The van der Waals surface area contributed by atoms with Crippen molar-refractivity contribution in [1.82, 2.24) is 5.32 Å². The Morgan fingerprint density at radius 1 is 1.56 bits per heavy atom. The summed E-state index contributed by atoms with van der Waals surface area (Å²) in [4.78, 5) is 11.5. The molecule has 1 aromatic rings. The third-order valence-electron chi connectivity index (χ3n) is 1.92. The molecule has 84 valence electrons. The van der Waals surface area contributed by atoms with Crippen molar-refractivity contribution in [2.75, 3.05) is 6.54 Å². The van der Waals surface area contributed by atoms with Gasteiger partial charge in [0.2, 0.25) is 0 Å². The van der Waals surface area contributed by atoms with Gasteiger partial charge in [-0.15, -0.1) is 0 Å². The van der Waals surface area contributed by atoms with E-state index in [0.717, 1.165) is 6.07 Å². The Balaban J connectivity index is 2.59. The molecule has 0 bridgehead atoms. The summed E-state index contributed by atoms with van der Waals surface area (Å²) in [6.07, 6.45) is 0.905. The summed E-state index contributed by atoms with van der Waals surface area (Å²) < 4.78 is 13.2. The number of nitrogens with one attached hydrogen (secondary N) is 1. The highest BCUT2D eigenvalue weighted by molar-refractivity contribution is 6.30. The zero-order valence-corrected chi connectivity index (χ0v) is 9.22. The molecule has 0 aliphatic heterocycles. The lowest BCUT2D eigenvalue weighted by molar-refractivity contribution is 0.0949. The van der Waals surface area contributed by atoms with Crippen molar-refractivity contribution < 1.29 is 9.18 Å². The minimum atomic E-state index is -0.609. The first-order valence-corrected chi connectivity index (χ1v) is 5.13. The van der Waals surface area contributed by atoms with Gasteiger partial charge in [-0.2, -0.15) is 5.26 Å². The van der Waals surface area contributed by atoms with Crippen LogP contribution >= 0.6 is 11.6 Å². The van der Waals surface area contributed by atoms with Gasteiger partial charge >= 0.3 is 0 Å². The van der Waals surface area contributed by atoms with Gasteiger partial charge < -0.3 is 5.32 Å². The fraction of sp³-hybridized carbons (Fsp3) is 0.273. The van der Waals surface area contributed by atoms with Crippen molar-refractivity contribution >= 4 is 17.5 Å². The number of rotatable bonds is 4. The van der Waals surface area contributed by atoms with E-state index in [1.807, 2.05) is 6.07 Å². The minimum Gasteiger partial charge on any atom is -0.352 e. The average Bonchev–Trinajstić information content (AvgIpc) is 2.27. The molecule has 0 saturated carbocycles. The Morgan fingerprint density at radius 3 is 3.00 bits per heavy atom. The molecule has 0 saturated heterocycles. The highest BCUT2D eigenvalue weighted by Crippen LogP contribution is 2.14. The highest BCUT2D eigenvalue weighted by Gasteiger charge is 2.11. The van der Waals surface area contributed by atoms with E-state index >= 15 is 0 Å². The van der Waals surface area contributed by atoms with Gasteiger partial charge in [-0.1, -0.05) is 11.6 Å². The number of halogens is 2. The van der Waals surface area contributed by atoms with Crippen molar-refractivity contribution in [3.8, 4) is 6.07 Å². The van der Waals surface area contributed by atoms with Crippen LogP contribution in [0, 0.1) is 17.1 Å². The van der Waals surface area contributed by atoms with Crippen LogP contribution in [0.15, 0.2) is 18.2 Å². The van der Waals surface area contributed by atoms with Crippen molar-refractivity contribution in [2.45, 2.75) is 12.8 Å². The number of amides is 1. The second-order valence-corrected chi connectivity index (χ2v) is 3.58. The third-order valence-corrected chi connectivity index (χ3v) is 2.16. The number of nitriles is 1. The van der Waals surface area contributed by atoms with E-state index in [1.54, 1.807) is 0 Å². The average molecular weight is 241 g/mol. The maximum atomic E-state index is 13.2. The van der Waals surface area contributed by atoms with Gasteiger partial charge in [-0.25, -0.2) is 4.39 Å². The second-order valence-electron chi connectivity index (χ2n) is 3.14. The summed E-state index contributed by atoms with van der Waals surface area (Å²) in [6.45, 7) is 0.346. The predicted molar refractivity (Wildman–Crippen MR) is 58.6 cm³/mol. The van der Waals surface area contributed by atoms with E-state index in [0.29, 0.717) is 24.4 Å². The Bertz CT molecular complexity index is 428. The van der Waals surface area contributed by atoms with E-state index in [9.17, 15) is 9.18 Å². The molecule has 1 N–H and O–H groups in total. The van der Waals surface area contributed by atoms with E-state index in [1.165, 1.54) is 12.1 Å². The summed E-state index contributed by atoms with van der Waals surface area (Å²) in [7, 11) is 0. The number of benzene rings is 1. The van der Waals surface area contributed by atoms with E-state index < -0.39 is 11.7 Å². The molecule has 3 nitrogen and oxygen atoms in total. The van der Waals surface area contributed by atoms with Gasteiger partial charge in [0.25, 0.3) is 5.91 Å². The lowest BCUT2D eigenvalue weighted by atomic mass is 10.2. The predicted octanol–water partition coefficient (Wildman–Crippen LogP) is 2.51. The Morgan fingerprint density at radius 2 is 2.31 bits per heavy atom. The Kier molecular flexibility index (Phi) is 4.74. The Hall–Kier alpha value is -1.60. The molecule has 1 amide bonds. The van der Waals surface area contributed by atoms with Crippen LogP contribution in [-0.4, -0.2) is 12.5 Å². The zero-order valence-electron chi connectivity index (χ0n) is 8.46. The fourth-order valence-electron chi connectivity index (χ4n) is 1.14.